The van der Waals surface area contributed by atoms with Crippen molar-refractivity contribution in [1.29, 1.82) is 0 Å². The summed E-state index contributed by atoms with van der Waals surface area (Å²) >= 11 is 0. The van der Waals surface area contributed by atoms with Gasteiger partial charge in [-0.05, 0) is 44.1 Å². The summed E-state index contributed by atoms with van der Waals surface area (Å²) in [6, 6.07) is 0. The van der Waals surface area contributed by atoms with Crippen molar-refractivity contribution in [3.63, 3.8) is 0 Å². The van der Waals surface area contributed by atoms with Gasteiger partial charge in [-0.1, -0.05) is 0 Å². The highest BCUT2D eigenvalue weighted by molar-refractivity contribution is 5.82. The highest BCUT2D eigenvalue weighted by Crippen LogP contribution is 2.29. The van der Waals surface area contributed by atoms with Crippen LogP contribution in [-0.2, 0) is 20.9 Å². The molecule has 1 aromatic heterocycles. The largest absolute Gasteiger partial charge is 0.479 e. The van der Waals surface area contributed by atoms with Crippen molar-refractivity contribution in [3.8, 4) is 0 Å². The molecule has 0 radical (unpaired) electrons. The number of hydrogen-bond acceptors (Lipinski definition) is 4. The van der Waals surface area contributed by atoms with Gasteiger partial charge in [0.2, 0.25) is 0 Å². The van der Waals surface area contributed by atoms with E-state index in [2.05, 4.69) is 18.2 Å². The van der Waals surface area contributed by atoms with E-state index in [0.717, 1.165) is 19.4 Å². The van der Waals surface area contributed by atoms with Crippen molar-refractivity contribution in [2.75, 3.05) is 13.1 Å². The Balaban J connectivity index is 1.52. The van der Waals surface area contributed by atoms with Gasteiger partial charge in [0.15, 0.2) is 6.10 Å². The van der Waals surface area contributed by atoms with Crippen molar-refractivity contribution in [1.82, 2.24) is 14.7 Å². The Morgan fingerprint density at radius 2 is 1.96 bits per heavy atom. The zero-order valence-corrected chi connectivity index (χ0v) is 13.4. The van der Waals surface area contributed by atoms with Crippen LogP contribution in [0, 0.1) is 0 Å². The Kier molecular flexibility index (Phi) is 4.66. The first kappa shape index (κ1) is 16.0. The van der Waals surface area contributed by atoms with E-state index >= 15 is 0 Å². The zero-order chi connectivity index (χ0) is 16.4. The maximum Gasteiger partial charge on any atom is 0.332 e. The second kappa shape index (κ2) is 6.70. The number of aromatic nitrogens is 2. The summed E-state index contributed by atoms with van der Waals surface area (Å²) in [5, 5.41) is 13.3. The van der Waals surface area contributed by atoms with E-state index in [1.54, 1.807) is 0 Å². The number of piperidine rings is 1. The average Bonchev–Trinajstić information content (AvgIpc) is 3.23. The van der Waals surface area contributed by atoms with Gasteiger partial charge >= 0.3 is 5.97 Å². The summed E-state index contributed by atoms with van der Waals surface area (Å²) < 4.78 is 7.29. The highest BCUT2D eigenvalue weighted by atomic mass is 16.5. The van der Waals surface area contributed by atoms with Gasteiger partial charge in [-0.25, -0.2) is 4.79 Å². The molecule has 0 aliphatic carbocycles. The molecule has 0 bridgehead atoms. The maximum absolute atomic E-state index is 12.5. The zero-order valence-electron chi connectivity index (χ0n) is 13.4. The second-order valence-electron chi connectivity index (χ2n) is 6.26. The third-order valence-electron chi connectivity index (χ3n) is 4.83. The van der Waals surface area contributed by atoms with Gasteiger partial charge in [0.05, 0.1) is 6.20 Å². The van der Waals surface area contributed by atoms with Gasteiger partial charge in [0.25, 0.3) is 5.91 Å². The standard InChI is InChI=1S/C16H23N3O4/c1-2-19-10-12(9-17-19)11-5-7-18(8-6-11)15(20)13-3-4-14(23-13)16(21)22/h9-11,13-14H,2-8H2,1H3,(H,21,22)/t13-,14+/m0/s1. The molecular formula is C16H23N3O4. The Bertz CT molecular complexity index is 578. The molecule has 126 valence electrons. The van der Waals surface area contributed by atoms with E-state index in [0.29, 0.717) is 31.8 Å². The van der Waals surface area contributed by atoms with Crippen molar-refractivity contribution < 1.29 is 19.4 Å². The van der Waals surface area contributed by atoms with Crippen molar-refractivity contribution in [2.24, 2.45) is 0 Å². The van der Waals surface area contributed by atoms with Gasteiger partial charge < -0.3 is 14.7 Å². The van der Waals surface area contributed by atoms with Crippen molar-refractivity contribution in [2.45, 2.75) is 57.3 Å². The van der Waals surface area contributed by atoms with Crippen LogP contribution in [0.1, 0.15) is 44.1 Å². The number of aliphatic carboxylic acids is 1. The van der Waals surface area contributed by atoms with E-state index in [9.17, 15) is 9.59 Å². The van der Waals surface area contributed by atoms with Crippen molar-refractivity contribution in [3.05, 3.63) is 18.0 Å². The van der Waals surface area contributed by atoms with E-state index in [1.807, 2.05) is 15.8 Å². The Hall–Kier alpha value is -1.89. The van der Waals surface area contributed by atoms with E-state index < -0.39 is 18.2 Å². The van der Waals surface area contributed by atoms with Gasteiger partial charge in [-0.15, -0.1) is 0 Å². The van der Waals surface area contributed by atoms with E-state index in [1.165, 1.54) is 5.56 Å². The molecule has 0 spiro atoms. The minimum Gasteiger partial charge on any atom is -0.479 e. The lowest BCUT2D eigenvalue weighted by molar-refractivity contribution is -0.155. The van der Waals surface area contributed by atoms with Crippen LogP contribution in [0.15, 0.2) is 12.4 Å². The van der Waals surface area contributed by atoms with Crippen LogP contribution in [-0.4, -0.2) is 57.0 Å². The van der Waals surface area contributed by atoms with Crippen LogP contribution in [0.3, 0.4) is 0 Å². The van der Waals surface area contributed by atoms with Gasteiger partial charge in [0.1, 0.15) is 6.10 Å². The molecule has 1 N–H and O–H groups in total. The third-order valence-corrected chi connectivity index (χ3v) is 4.83. The molecule has 7 heteroatoms. The Labute approximate surface area is 135 Å². The summed E-state index contributed by atoms with van der Waals surface area (Å²) in [6.07, 6.45) is 5.32. The summed E-state index contributed by atoms with van der Waals surface area (Å²) in [4.78, 5) is 25.2. The number of nitrogens with zero attached hydrogens (tertiary/aromatic N) is 3. The number of carboxylic acids is 1. The third kappa shape index (κ3) is 3.39. The first-order chi connectivity index (χ1) is 11.1. The first-order valence-corrected chi connectivity index (χ1v) is 8.28. The van der Waals surface area contributed by atoms with Crippen LogP contribution >= 0.6 is 0 Å². The molecule has 2 aliphatic rings. The van der Waals surface area contributed by atoms with E-state index in [-0.39, 0.29) is 5.91 Å². The average molecular weight is 321 g/mol. The molecule has 7 nitrogen and oxygen atoms in total. The quantitative estimate of drug-likeness (QED) is 0.902. The highest BCUT2D eigenvalue weighted by Gasteiger charge is 2.37. The minimum absolute atomic E-state index is 0.0588. The summed E-state index contributed by atoms with van der Waals surface area (Å²) in [6.45, 7) is 4.31. The number of carboxylic acid groups (broad SMARTS) is 1. The Morgan fingerprint density at radius 1 is 1.26 bits per heavy atom. The molecule has 3 heterocycles. The fourth-order valence-corrected chi connectivity index (χ4v) is 3.40. The summed E-state index contributed by atoms with van der Waals surface area (Å²) in [5.41, 5.74) is 1.24. The lowest BCUT2D eigenvalue weighted by Gasteiger charge is -2.33. The predicted molar refractivity (Wildman–Crippen MR) is 82.0 cm³/mol. The molecule has 23 heavy (non-hydrogen) atoms. The minimum atomic E-state index is -0.980. The fraction of sp³-hybridized carbons (Fsp3) is 0.688. The van der Waals surface area contributed by atoms with Crippen molar-refractivity contribution >= 4 is 11.9 Å². The van der Waals surface area contributed by atoms with Gasteiger partial charge in [-0.2, -0.15) is 5.10 Å². The molecule has 0 saturated carbocycles. The number of likely N-dealkylation sites (tertiary alicyclic amines) is 1. The predicted octanol–water partition coefficient (Wildman–Crippen LogP) is 1.24. The molecule has 2 fully saturated rings. The molecule has 2 atom stereocenters. The Morgan fingerprint density at radius 3 is 2.52 bits per heavy atom. The van der Waals surface area contributed by atoms with Gasteiger partial charge in [0, 0.05) is 25.8 Å². The summed E-state index contributed by atoms with van der Waals surface area (Å²) in [5.74, 6) is -0.598. The van der Waals surface area contributed by atoms with Gasteiger partial charge in [-0.3, -0.25) is 9.48 Å². The lowest BCUT2D eigenvalue weighted by atomic mass is 9.91. The van der Waals surface area contributed by atoms with Crippen LogP contribution in [0.5, 0.6) is 0 Å². The second-order valence-corrected chi connectivity index (χ2v) is 6.26. The number of carbonyl (C=O) groups is 2. The molecule has 3 rings (SSSR count). The van der Waals surface area contributed by atoms with Crippen LogP contribution in [0.25, 0.3) is 0 Å². The van der Waals surface area contributed by atoms with Crippen LogP contribution in [0.4, 0.5) is 0 Å². The molecule has 0 aromatic carbocycles. The normalized spacial score (nSPS) is 25.7. The molecule has 0 unspecified atom stereocenters. The maximum atomic E-state index is 12.5. The summed E-state index contributed by atoms with van der Waals surface area (Å²) in [7, 11) is 0. The topological polar surface area (TPSA) is 84.7 Å². The number of hydrogen-bond donors (Lipinski definition) is 1. The first-order valence-electron chi connectivity index (χ1n) is 8.28. The number of rotatable bonds is 4. The SMILES string of the molecule is CCn1cc(C2CCN(C(=O)[C@@H]3CC[C@H](C(=O)O)O3)CC2)cn1. The van der Waals surface area contributed by atoms with E-state index in [4.69, 9.17) is 9.84 Å². The van der Waals surface area contributed by atoms with Crippen LogP contribution < -0.4 is 0 Å². The molecule has 1 aromatic rings. The molecule has 1 amide bonds. The molecule has 2 aliphatic heterocycles. The fourth-order valence-electron chi connectivity index (χ4n) is 3.40. The lowest BCUT2D eigenvalue weighted by Crippen LogP contribution is -2.43. The monoisotopic (exact) mass is 321 g/mol. The van der Waals surface area contributed by atoms with Crippen LogP contribution in [0.2, 0.25) is 0 Å². The number of ether oxygens (including phenoxy) is 1. The number of amides is 1. The smallest absolute Gasteiger partial charge is 0.332 e. The molecular weight excluding hydrogens is 298 g/mol. The number of carbonyl (C=O) groups excluding carboxylic acids is 1. The molecule has 2 saturated heterocycles. The number of aryl methyl sites for hydroxylation is 1.